The Morgan fingerprint density at radius 1 is 1.06 bits per heavy atom. The number of aromatic nitrogens is 3. The van der Waals surface area contributed by atoms with Crippen LogP contribution < -0.4 is 15.4 Å². The summed E-state index contributed by atoms with van der Waals surface area (Å²) >= 11 is 14.2. The molecule has 0 saturated carbocycles. The highest BCUT2D eigenvalue weighted by atomic mass is 35.5. The van der Waals surface area contributed by atoms with Crippen molar-refractivity contribution < 1.29 is 4.74 Å². The van der Waals surface area contributed by atoms with Crippen molar-refractivity contribution in [1.29, 1.82) is 0 Å². The van der Waals surface area contributed by atoms with E-state index in [1.54, 1.807) is 23.6 Å². The van der Waals surface area contributed by atoms with E-state index >= 15 is 0 Å². The summed E-state index contributed by atoms with van der Waals surface area (Å²) in [7, 11) is 3.99. The molecule has 0 fully saturated rings. The number of nitrogens with zero attached hydrogens (tertiary/aromatic N) is 4. The molecule has 2 heterocycles. The van der Waals surface area contributed by atoms with E-state index in [1.807, 2.05) is 63.5 Å². The van der Waals surface area contributed by atoms with Gasteiger partial charge in [0, 0.05) is 35.6 Å². The Balaban J connectivity index is 1.58. The zero-order valence-corrected chi connectivity index (χ0v) is 22.0. The molecule has 35 heavy (non-hydrogen) atoms. The molecule has 182 valence electrons. The number of hydrogen-bond donors (Lipinski definition) is 2. The molecule has 2 aromatic heterocycles. The fourth-order valence-electron chi connectivity index (χ4n) is 3.26. The van der Waals surface area contributed by atoms with Gasteiger partial charge in [-0.3, -0.25) is 0 Å². The number of thiazole rings is 1. The monoisotopic (exact) mass is 528 g/mol. The van der Waals surface area contributed by atoms with Crippen LogP contribution >= 0.6 is 34.5 Å². The summed E-state index contributed by atoms with van der Waals surface area (Å²) in [6, 6.07) is 15.1. The second kappa shape index (κ2) is 11.7. The molecule has 4 rings (SSSR count). The third kappa shape index (κ3) is 6.61. The molecule has 4 aromatic rings. The van der Waals surface area contributed by atoms with Gasteiger partial charge in [0.1, 0.15) is 12.4 Å². The Hall–Kier alpha value is -2.91. The van der Waals surface area contributed by atoms with Gasteiger partial charge in [-0.1, -0.05) is 46.7 Å². The quantitative estimate of drug-likeness (QED) is 0.237. The summed E-state index contributed by atoms with van der Waals surface area (Å²) in [5, 5.41) is 8.52. The van der Waals surface area contributed by atoms with Crippen molar-refractivity contribution in [3.8, 4) is 27.6 Å². The van der Waals surface area contributed by atoms with Crippen LogP contribution in [-0.2, 0) is 0 Å². The second-order valence-electron chi connectivity index (χ2n) is 7.92. The Labute approximate surface area is 219 Å². The lowest BCUT2D eigenvalue weighted by Gasteiger charge is -2.13. The van der Waals surface area contributed by atoms with Gasteiger partial charge in [-0.15, -0.1) is 0 Å². The van der Waals surface area contributed by atoms with Crippen LogP contribution in [-0.4, -0.2) is 53.6 Å². The van der Waals surface area contributed by atoms with Gasteiger partial charge in [0.05, 0.1) is 21.3 Å². The average molecular weight is 529 g/mol. The van der Waals surface area contributed by atoms with Gasteiger partial charge >= 0.3 is 0 Å². The number of nitrogens with one attached hydrogen (secondary N) is 2. The highest BCUT2D eigenvalue weighted by molar-refractivity contribution is 7.19. The van der Waals surface area contributed by atoms with Crippen molar-refractivity contribution in [3.63, 3.8) is 0 Å². The smallest absolute Gasteiger partial charge is 0.227 e. The molecular formula is C25H26Cl2N6OS. The first-order valence-electron chi connectivity index (χ1n) is 11.1. The van der Waals surface area contributed by atoms with Gasteiger partial charge in [-0.2, -0.15) is 0 Å². The van der Waals surface area contributed by atoms with E-state index in [9.17, 15) is 0 Å². The van der Waals surface area contributed by atoms with Crippen LogP contribution in [0.4, 0.5) is 16.8 Å². The minimum atomic E-state index is 0.454. The minimum Gasteiger partial charge on any atom is -0.491 e. The lowest BCUT2D eigenvalue weighted by Crippen LogP contribution is -2.19. The molecule has 0 unspecified atom stereocenters. The maximum atomic E-state index is 6.43. The van der Waals surface area contributed by atoms with Gasteiger partial charge in [0.25, 0.3) is 0 Å². The largest absolute Gasteiger partial charge is 0.491 e. The van der Waals surface area contributed by atoms with Crippen LogP contribution in [0.3, 0.4) is 0 Å². The molecule has 0 aliphatic heterocycles. The summed E-state index contributed by atoms with van der Waals surface area (Å²) in [5.74, 6) is 1.09. The Morgan fingerprint density at radius 3 is 2.66 bits per heavy atom. The van der Waals surface area contributed by atoms with Gasteiger partial charge in [-0.25, -0.2) is 15.0 Å². The molecule has 0 amide bonds. The van der Waals surface area contributed by atoms with Crippen LogP contribution in [0.25, 0.3) is 21.8 Å². The first-order chi connectivity index (χ1) is 16.9. The fourth-order valence-corrected chi connectivity index (χ4v) is 4.71. The molecule has 10 heteroatoms. The van der Waals surface area contributed by atoms with Crippen LogP contribution in [0, 0.1) is 0 Å². The maximum absolute atomic E-state index is 6.43. The lowest BCUT2D eigenvalue weighted by atomic mass is 10.1. The van der Waals surface area contributed by atoms with E-state index in [2.05, 4.69) is 20.5 Å². The first kappa shape index (κ1) is 25.2. The molecule has 0 spiro atoms. The topological polar surface area (TPSA) is 75.2 Å². The normalized spacial score (nSPS) is 11.0. The lowest BCUT2D eigenvalue weighted by molar-refractivity contribution is 0.261. The minimum absolute atomic E-state index is 0.454. The van der Waals surface area contributed by atoms with Crippen LogP contribution in [0.2, 0.25) is 10.0 Å². The fraction of sp³-hybridized carbons (Fsp3) is 0.240. The highest BCUT2D eigenvalue weighted by Crippen LogP contribution is 2.39. The summed E-state index contributed by atoms with van der Waals surface area (Å²) in [4.78, 5) is 16.9. The summed E-state index contributed by atoms with van der Waals surface area (Å²) in [6.07, 6.45) is 1.72. The summed E-state index contributed by atoms with van der Waals surface area (Å²) < 4.78 is 5.76. The van der Waals surface area contributed by atoms with Crippen molar-refractivity contribution in [2.45, 2.75) is 6.92 Å². The van der Waals surface area contributed by atoms with Crippen LogP contribution in [0.1, 0.15) is 6.92 Å². The van der Waals surface area contributed by atoms with Crippen LogP contribution in [0.5, 0.6) is 5.75 Å². The molecule has 2 aromatic carbocycles. The predicted molar refractivity (Wildman–Crippen MR) is 147 cm³/mol. The number of likely N-dealkylation sites (N-methyl/N-ethyl adjacent to an activating group) is 1. The van der Waals surface area contributed by atoms with E-state index in [0.717, 1.165) is 45.7 Å². The number of benzene rings is 2. The molecular weight excluding hydrogens is 503 g/mol. The van der Waals surface area contributed by atoms with Crippen molar-refractivity contribution in [2.75, 3.05) is 44.4 Å². The van der Waals surface area contributed by atoms with Gasteiger partial charge in [0.15, 0.2) is 5.13 Å². The average Bonchev–Trinajstić information content (AvgIpc) is 3.25. The third-order valence-corrected chi connectivity index (χ3v) is 6.49. The zero-order chi connectivity index (χ0) is 24.8. The molecule has 2 N–H and O–H groups in total. The standard InChI is InChI=1S/C25H26Cl2N6OS/c1-4-28-25-32-22(16-6-5-7-17(26)14-16)23(35-25)20-10-11-29-24(31-20)30-18-8-9-21(19(27)15-18)34-13-12-33(2)3/h5-11,14-15H,4,12-13H2,1-3H3,(H,28,32)(H,29,30,31). The number of rotatable bonds is 10. The van der Waals surface area contributed by atoms with Crippen LogP contribution in [0.15, 0.2) is 54.7 Å². The number of ether oxygens (including phenoxy) is 1. The van der Waals surface area contributed by atoms with Crippen molar-refractivity contribution in [1.82, 2.24) is 19.9 Å². The third-order valence-electron chi connectivity index (χ3n) is 4.93. The van der Waals surface area contributed by atoms with Crippen molar-refractivity contribution in [2.24, 2.45) is 0 Å². The SMILES string of the molecule is CCNc1nc(-c2cccc(Cl)c2)c(-c2ccnc(Nc3ccc(OCCN(C)C)c(Cl)c3)n2)s1. The maximum Gasteiger partial charge on any atom is 0.227 e. The summed E-state index contributed by atoms with van der Waals surface area (Å²) in [5.41, 5.74) is 3.27. The Morgan fingerprint density at radius 2 is 1.91 bits per heavy atom. The van der Waals surface area contributed by atoms with E-state index in [4.69, 9.17) is 37.9 Å². The summed E-state index contributed by atoms with van der Waals surface area (Å²) in [6.45, 7) is 4.18. The first-order valence-corrected chi connectivity index (χ1v) is 12.7. The highest BCUT2D eigenvalue weighted by Gasteiger charge is 2.17. The molecule has 0 saturated heterocycles. The number of anilines is 3. The molecule has 0 atom stereocenters. The Kier molecular flexibility index (Phi) is 8.41. The van der Waals surface area contributed by atoms with Crippen molar-refractivity contribution in [3.05, 3.63) is 64.8 Å². The van der Waals surface area contributed by atoms with Gasteiger partial charge < -0.3 is 20.3 Å². The number of hydrogen-bond acceptors (Lipinski definition) is 8. The van der Waals surface area contributed by atoms with Gasteiger partial charge in [-0.05, 0) is 57.4 Å². The second-order valence-corrected chi connectivity index (χ2v) is 9.77. The van der Waals surface area contributed by atoms with Crippen molar-refractivity contribution >= 4 is 51.3 Å². The van der Waals surface area contributed by atoms with E-state index < -0.39 is 0 Å². The molecule has 0 bridgehead atoms. The van der Waals surface area contributed by atoms with E-state index in [0.29, 0.717) is 28.3 Å². The number of halogens is 2. The zero-order valence-electron chi connectivity index (χ0n) is 19.7. The van der Waals surface area contributed by atoms with E-state index in [-0.39, 0.29) is 0 Å². The molecule has 7 nitrogen and oxygen atoms in total. The van der Waals surface area contributed by atoms with E-state index in [1.165, 1.54) is 0 Å². The molecule has 0 aliphatic carbocycles. The molecule has 0 aliphatic rings. The van der Waals surface area contributed by atoms with Gasteiger partial charge in [0.2, 0.25) is 5.95 Å². The molecule has 0 radical (unpaired) electrons. The Bertz CT molecular complexity index is 1300. The predicted octanol–water partition coefficient (Wildman–Crippen LogP) is 6.69.